The molecule has 19 heavy (non-hydrogen) atoms. The highest BCUT2D eigenvalue weighted by atomic mass is 16.4. The van der Waals surface area contributed by atoms with Crippen molar-refractivity contribution >= 4 is 17.8 Å². The van der Waals surface area contributed by atoms with Crippen molar-refractivity contribution in [2.75, 3.05) is 13.1 Å². The van der Waals surface area contributed by atoms with E-state index in [2.05, 4.69) is 5.32 Å². The van der Waals surface area contributed by atoms with Gasteiger partial charge < -0.3 is 15.3 Å². The van der Waals surface area contributed by atoms with Crippen molar-refractivity contribution in [3.8, 4) is 0 Å². The number of rotatable bonds is 4. The Labute approximate surface area is 113 Å². The lowest BCUT2D eigenvalue weighted by molar-refractivity contribution is -0.140. The fourth-order valence-corrected chi connectivity index (χ4v) is 2.33. The summed E-state index contributed by atoms with van der Waals surface area (Å²) in [7, 11) is 0. The Bertz CT molecular complexity index is 368. The van der Waals surface area contributed by atoms with Crippen LogP contribution in [0.15, 0.2) is 0 Å². The van der Waals surface area contributed by atoms with E-state index in [-0.39, 0.29) is 36.1 Å². The number of carbonyl (C=O) groups excluding carboxylic acids is 2. The quantitative estimate of drug-likeness (QED) is 0.777. The van der Waals surface area contributed by atoms with Crippen LogP contribution < -0.4 is 5.32 Å². The van der Waals surface area contributed by atoms with Crippen LogP contribution in [0.3, 0.4) is 0 Å². The van der Waals surface area contributed by atoms with Gasteiger partial charge in [-0.15, -0.1) is 0 Å². The molecule has 2 amide bonds. The van der Waals surface area contributed by atoms with E-state index in [4.69, 9.17) is 5.11 Å². The minimum atomic E-state index is -0.871. The third-order valence-corrected chi connectivity index (χ3v) is 3.32. The summed E-state index contributed by atoms with van der Waals surface area (Å²) in [5.74, 6) is -1.24. The van der Waals surface area contributed by atoms with Crippen molar-refractivity contribution in [3.05, 3.63) is 0 Å². The first-order valence-electron chi connectivity index (χ1n) is 6.57. The average Bonchev–Trinajstić information content (AvgIpc) is 2.27. The van der Waals surface area contributed by atoms with Crippen molar-refractivity contribution in [2.45, 2.75) is 39.7 Å². The van der Waals surface area contributed by atoms with Gasteiger partial charge in [-0.1, -0.05) is 13.8 Å². The zero-order valence-electron chi connectivity index (χ0n) is 11.7. The van der Waals surface area contributed by atoms with Crippen molar-refractivity contribution in [1.82, 2.24) is 10.2 Å². The second-order valence-electron chi connectivity index (χ2n) is 5.48. The first-order chi connectivity index (χ1) is 8.79. The number of carboxylic acid groups (broad SMARTS) is 1. The van der Waals surface area contributed by atoms with Gasteiger partial charge in [0.05, 0.1) is 0 Å². The molecule has 0 radical (unpaired) electrons. The van der Waals surface area contributed by atoms with Gasteiger partial charge in [0.25, 0.3) is 0 Å². The molecular formula is C13H22N2O4. The highest BCUT2D eigenvalue weighted by molar-refractivity contribution is 5.78. The van der Waals surface area contributed by atoms with E-state index < -0.39 is 5.97 Å². The van der Waals surface area contributed by atoms with Gasteiger partial charge >= 0.3 is 5.97 Å². The Balaban J connectivity index is 2.67. The standard InChI is InChI=1S/C13H22N2O4/c1-8(2)13(19)14-11-4-10(5-12(17)18)6-15(7-11)9(3)16/h8,10-11H,4-7H2,1-3H3,(H,14,19)(H,17,18). The first kappa shape index (κ1) is 15.5. The molecule has 1 rings (SSSR count). The molecule has 0 saturated carbocycles. The summed E-state index contributed by atoms with van der Waals surface area (Å²) in [4.78, 5) is 35.6. The van der Waals surface area contributed by atoms with Gasteiger partial charge in [0.15, 0.2) is 0 Å². The Morgan fingerprint density at radius 1 is 1.32 bits per heavy atom. The summed E-state index contributed by atoms with van der Waals surface area (Å²) in [6.45, 7) is 5.98. The smallest absolute Gasteiger partial charge is 0.303 e. The molecule has 6 nitrogen and oxygen atoms in total. The fourth-order valence-electron chi connectivity index (χ4n) is 2.33. The van der Waals surface area contributed by atoms with Gasteiger partial charge in [-0.25, -0.2) is 0 Å². The van der Waals surface area contributed by atoms with E-state index in [1.165, 1.54) is 6.92 Å². The molecule has 2 atom stereocenters. The molecule has 0 spiro atoms. The number of nitrogens with zero attached hydrogens (tertiary/aromatic N) is 1. The van der Waals surface area contributed by atoms with Crippen molar-refractivity contribution in [3.63, 3.8) is 0 Å². The number of carbonyl (C=O) groups is 3. The van der Waals surface area contributed by atoms with Crippen LogP contribution >= 0.6 is 0 Å². The van der Waals surface area contributed by atoms with Crippen LogP contribution in [0.2, 0.25) is 0 Å². The summed E-state index contributed by atoms with van der Waals surface area (Å²) in [5.41, 5.74) is 0. The van der Waals surface area contributed by atoms with E-state index in [0.29, 0.717) is 19.5 Å². The van der Waals surface area contributed by atoms with Crippen LogP contribution in [-0.4, -0.2) is 46.9 Å². The number of aliphatic carboxylic acids is 1. The van der Waals surface area contributed by atoms with Crippen LogP contribution in [0.1, 0.15) is 33.6 Å². The lowest BCUT2D eigenvalue weighted by Gasteiger charge is -2.37. The van der Waals surface area contributed by atoms with Gasteiger partial charge in [-0.05, 0) is 12.3 Å². The Morgan fingerprint density at radius 3 is 2.42 bits per heavy atom. The van der Waals surface area contributed by atoms with E-state index in [0.717, 1.165) is 0 Å². The predicted octanol–water partition coefficient (Wildman–Crippen LogP) is 0.470. The maximum absolute atomic E-state index is 11.7. The number of likely N-dealkylation sites (tertiary alicyclic amines) is 1. The summed E-state index contributed by atoms with van der Waals surface area (Å²) >= 11 is 0. The first-order valence-corrected chi connectivity index (χ1v) is 6.57. The molecular weight excluding hydrogens is 248 g/mol. The van der Waals surface area contributed by atoms with E-state index >= 15 is 0 Å². The van der Waals surface area contributed by atoms with Crippen LogP contribution in [0.5, 0.6) is 0 Å². The monoisotopic (exact) mass is 270 g/mol. The minimum absolute atomic E-state index is 0.0256. The molecule has 0 bridgehead atoms. The normalized spacial score (nSPS) is 23.3. The molecule has 2 N–H and O–H groups in total. The molecule has 0 aromatic carbocycles. The SMILES string of the molecule is CC(=O)N1CC(CC(=O)O)CC(NC(=O)C(C)C)C1. The number of hydrogen-bond donors (Lipinski definition) is 2. The zero-order valence-corrected chi connectivity index (χ0v) is 11.7. The van der Waals surface area contributed by atoms with Crippen LogP contribution in [0, 0.1) is 11.8 Å². The van der Waals surface area contributed by atoms with Crippen LogP contribution in [0.4, 0.5) is 0 Å². The lowest BCUT2D eigenvalue weighted by atomic mass is 9.91. The van der Waals surface area contributed by atoms with Gasteiger partial charge in [-0.2, -0.15) is 0 Å². The Hall–Kier alpha value is -1.59. The minimum Gasteiger partial charge on any atom is -0.481 e. The third kappa shape index (κ3) is 4.89. The highest BCUT2D eigenvalue weighted by Gasteiger charge is 2.30. The second-order valence-corrected chi connectivity index (χ2v) is 5.48. The largest absolute Gasteiger partial charge is 0.481 e. The zero-order chi connectivity index (χ0) is 14.6. The molecule has 1 aliphatic rings. The molecule has 1 fully saturated rings. The number of nitrogens with one attached hydrogen (secondary N) is 1. The lowest BCUT2D eigenvalue weighted by Crippen LogP contribution is -2.53. The maximum atomic E-state index is 11.7. The molecule has 1 heterocycles. The van der Waals surface area contributed by atoms with Crippen molar-refractivity contribution < 1.29 is 19.5 Å². The summed E-state index contributed by atoms with van der Waals surface area (Å²) in [5, 5.41) is 11.7. The molecule has 0 aromatic heterocycles. The van der Waals surface area contributed by atoms with Gasteiger partial charge in [-0.3, -0.25) is 14.4 Å². The van der Waals surface area contributed by atoms with Crippen molar-refractivity contribution in [2.24, 2.45) is 11.8 Å². The summed E-state index contributed by atoms with van der Waals surface area (Å²) < 4.78 is 0. The van der Waals surface area contributed by atoms with Gasteiger partial charge in [0.1, 0.15) is 0 Å². The molecule has 6 heteroatoms. The molecule has 1 aliphatic heterocycles. The van der Waals surface area contributed by atoms with Gasteiger partial charge in [0.2, 0.25) is 11.8 Å². The summed E-state index contributed by atoms with van der Waals surface area (Å²) in [6.07, 6.45) is 0.631. The fraction of sp³-hybridized carbons (Fsp3) is 0.769. The van der Waals surface area contributed by atoms with Gasteiger partial charge in [0, 0.05) is 38.4 Å². The second kappa shape index (κ2) is 6.54. The number of piperidine rings is 1. The predicted molar refractivity (Wildman–Crippen MR) is 69.4 cm³/mol. The molecule has 1 saturated heterocycles. The number of carboxylic acids is 1. The van der Waals surface area contributed by atoms with Crippen molar-refractivity contribution in [1.29, 1.82) is 0 Å². The molecule has 108 valence electrons. The average molecular weight is 270 g/mol. The Kier molecular flexibility index (Phi) is 5.32. The molecule has 0 aliphatic carbocycles. The van der Waals surface area contributed by atoms with E-state index in [9.17, 15) is 14.4 Å². The van der Waals surface area contributed by atoms with E-state index in [1.807, 2.05) is 0 Å². The molecule has 2 unspecified atom stereocenters. The topological polar surface area (TPSA) is 86.7 Å². The maximum Gasteiger partial charge on any atom is 0.303 e. The third-order valence-electron chi connectivity index (χ3n) is 3.32. The summed E-state index contributed by atoms with van der Waals surface area (Å²) in [6, 6.07) is -0.156. The molecule has 0 aromatic rings. The number of hydrogen-bond acceptors (Lipinski definition) is 3. The highest BCUT2D eigenvalue weighted by Crippen LogP contribution is 2.20. The number of amides is 2. The van der Waals surface area contributed by atoms with Crippen LogP contribution in [0.25, 0.3) is 0 Å². The Morgan fingerprint density at radius 2 is 1.95 bits per heavy atom. The van der Waals surface area contributed by atoms with E-state index in [1.54, 1.807) is 18.7 Å². The van der Waals surface area contributed by atoms with Crippen LogP contribution in [-0.2, 0) is 14.4 Å².